The van der Waals surface area contributed by atoms with E-state index in [9.17, 15) is 4.79 Å². The SMILES string of the molecule is CN(Cc1ccc(Cl)s1)c1ccc(C(C)(C(N)=O)c2ccc(Cl)cc2)c(Cl)c1. The van der Waals surface area contributed by atoms with Crippen LogP contribution in [0.3, 0.4) is 0 Å². The number of carbonyl (C=O) groups excluding carboxylic acids is 1. The molecule has 0 bridgehead atoms. The Morgan fingerprint density at radius 2 is 1.75 bits per heavy atom. The highest BCUT2D eigenvalue weighted by Gasteiger charge is 2.37. The smallest absolute Gasteiger partial charge is 0.232 e. The van der Waals surface area contributed by atoms with Gasteiger partial charge in [-0.15, -0.1) is 11.3 Å². The summed E-state index contributed by atoms with van der Waals surface area (Å²) in [6.07, 6.45) is 0. The number of primary amides is 1. The Labute approximate surface area is 183 Å². The second-order valence-electron chi connectivity index (χ2n) is 6.72. The van der Waals surface area contributed by atoms with Crippen LogP contribution in [0.4, 0.5) is 5.69 Å². The van der Waals surface area contributed by atoms with E-state index in [0.29, 0.717) is 22.2 Å². The van der Waals surface area contributed by atoms with Crippen LogP contribution in [0.1, 0.15) is 22.9 Å². The fourth-order valence-corrected chi connectivity index (χ4v) is 4.75. The Bertz CT molecular complexity index is 1000. The molecule has 3 rings (SSSR count). The van der Waals surface area contributed by atoms with Crippen LogP contribution in [0.15, 0.2) is 54.6 Å². The molecule has 1 aromatic heterocycles. The Balaban J connectivity index is 1.95. The molecule has 0 saturated carbocycles. The van der Waals surface area contributed by atoms with Gasteiger partial charge in [0.15, 0.2) is 0 Å². The number of carbonyl (C=O) groups is 1. The summed E-state index contributed by atoms with van der Waals surface area (Å²) in [5, 5.41) is 1.07. The summed E-state index contributed by atoms with van der Waals surface area (Å²) in [7, 11) is 1.98. The van der Waals surface area contributed by atoms with Gasteiger partial charge in [0.05, 0.1) is 16.3 Å². The lowest BCUT2D eigenvalue weighted by atomic mass is 9.75. The van der Waals surface area contributed by atoms with Crippen molar-refractivity contribution in [2.45, 2.75) is 18.9 Å². The monoisotopic (exact) mass is 452 g/mol. The second kappa shape index (κ2) is 8.34. The molecule has 0 aliphatic carbocycles. The van der Waals surface area contributed by atoms with Crippen molar-refractivity contribution < 1.29 is 4.79 Å². The van der Waals surface area contributed by atoms with Crippen LogP contribution in [0, 0.1) is 0 Å². The number of anilines is 1. The van der Waals surface area contributed by atoms with Gasteiger partial charge in [0, 0.05) is 27.7 Å². The Hall–Kier alpha value is -1.72. The molecule has 0 spiro atoms. The number of hydrogen-bond acceptors (Lipinski definition) is 3. The molecule has 1 heterocycles. The van der Waals surface area contributed by atoms with Gasteiger partial charge in [-0.05, 0) is 54.4 Å². The van der Waals surface area contributed by atoms with Gasteiger partial charge in [0.25, 0.3) is 0 Å². The molecular weight excluding hydrogens is 435 g/mol. The van der Waals surface area contributed by atoms with Crippen LogP contribution in [0.2, 0.25) is 14.4 Å². The van der Waals surface area contributed by atoms with Crippen LogP contribution in [-0.2, 0) is 16.8 Å². The third kappa shape index (κ3) is 4.15. The highest BCUT2D eigenvalue weighted by Crippen LogP contribution is 2.38. The molecule has 0 radical (unpaired) electrons. The molecule has 1 atom stereocenters. The van der Waals surface area contributed by atoms with Crippen LogP contribution in [0.5, 0.6) is 0 Å². The maximum Gasteiger partial charge on any atom is 0.232 e. The maximum absolute atomic E-state index is 12.4. The summed E-state index contributed by atoms with van der Waals surface area (Å²) in [4.78, 5) is 15.7. The van der Waals surface area contributed by atoms with E-state index in [-0.39, 0.29) is 0 Å². The van der Waals surface area contributed by atoms with Gasteiger partial charge in [-0.25, -0.2) is 0 Å². The largest absolute Gasteiger partial charge is 0.369 e. The number of halogens is 3. The van der Waals surface area contributed by atoms with E-state index in [1.54, 1.807) is 42.5 Å². The molecule has 2 N–H and O–H groups in total. The minimum Gasteiger partial charge on any atom is -0.369 e. The van der Waals surface area contributed by atoms with E-state index in [2.05, 4.69) is 4.90 Å². The van der Waals surface area contributed by atoms with Gasteiger partial charge < -0.3 is 10.6 Å². The first-order valence-corrected chi connectivity index (χ1v) is 10.5. The third-order valence-corrected chi connectivity index (χ3v) is 6.65. The van der Waals surface area contributed by atoms with E-state index < -0.39 is 11.3 Å². The number of nitrogens with zero attached hydrogens (tertiary/aromatic N) is 1. The summed E-state index contributed by atoms with van der Waals surface area (Å²) < 4.78 is 0.761. The van der Waals surface area contributed by atoms with Gasteiger partial charge in [-0.2, -0.15) is 0 Å². The number of rotatable bonds is 6. The number of amides is 1. The molecule has 0 aliphatic heterocycles. The Kier molecular flexibility index (Phi) is 6.25. The van der Waals surface area contributed by atoms with Crippen LogP contribution in [-0.4, -0.2) is 13.0 Å². The van der Waals surface area contributed by atoms with E-state index in [4.69, 9.17) is 40.5 Å². The minimum absolute atomic E-state index is 0.477. The zero-order chi connectivity index (χ0) is 20.5. The van der Waals surface area contributed by atoms with Gasteiger partial charge >= 0.3 is 0 Å². The molecule has 0 saturated heterocycles. The standard InChI is InChI=1S/C21H19Cl3N2OS/c1-21(20(25)27,13-3-5-14(22)6-4-13)17-9-7-15(11-18(17)23)26(2)12-16-8-10-19(24)28-16/h3-11H,12H2,1-2H3,(H2,25,27). The van der Waals surface area contributed by atoms with Gasteiger partial charge in [-0.3, -0.25) is 4.79 Å². The normalized spacial score (nSPS) is 13.2. The lowest BCUT2D eigenvalue weighted by Gasteiger charge is -2.29. The van der Waals surface area contributed by atoms with Gasteiger partial charge in [0.1, 0.15) is 0 Å². The van der Waals surface area contributed by atoms with Crippen molar-refractivity contribution in [1.29, 1.82) is 0 Å². The zero-order valence-corrected chi connectivity index (χ0v) is 18.5. The van der Waals surface area contributed by atoms with Crippen molar-refractivity contribution >= 4 is 57.7 Å². The fraction of sp³-hybridized carbons (Fsp3) is 0.190. The van der Waals surface area contributed by atoms with Crippen molar-refractivity contribution in [2.75, 3.05) is 11.9 Å². The van der Waals surface area contributed by atoms with Crippen molar-refractivity contribution in [3.05, 3.63) is 85.0 Å². The minimum atomic E-state index is -1.07. The first kappa shape index (κ1) is 21.0. The predicted octanol–water partition coefficient (Wildman–Crippen LogP) is 6.14. The fourth-order valence-electron chi connectivity index (χ4n) is 3.12. The molecule has 28 heavy (non-hydrogen) atoms. The number of nitrogens with two attached hydrogens (primary N) is 1. The van der Waals surface area contributed by atoms with Crippen molar-refractivity contribution in [1.82, 2.24) is 0 Å². The molecule has 0 aliphatic rings. The van der Waals surface area contributed by atoms with Crippen LogP contribution < -0.4 is 10.6 Å². The third-order valence-electron chi connectivity index (χ3n) is 4.87. The molecule has 7 heteroatoms. The molecule has 0 fully saturated rings. The maximum atomic E-state index is 12.4. The average Bonchev–Trinajstić information content (AvgIpc) is 3.06. The van der Waals surface area contributed by atoms with E-state index in [1.165, 1.54) is 0 Å². The molecule has 1 amide bonds. The number of thiophene rings is 1. The highest BCUT2D eigenvalue weighted by molar-refractivity contribution is 7.16. The molecule has 1 unspecified atom stereocenters. The predicted molar refractivity (Wildman–Crippen MR) is 120 cm³/mol. The zero-order valence-electron chi connectivity index (χ0n) is 15.4. The number of benzene rings is 2. The molecular formula is C21H19Cl3N2OS. The summed E-state index contributed by atoms with van der Waals surface area (Å²) in [6.45, 7) is 2.48. The first-order valence-electron chi connectivity index (χ1n) is 8.53. The topological polar surface area (TPSA) is 46.3 Å². The first-order chi connectivity index (χ1) is 13.2. The van der Waals surface area contributed by atoms with E-state index in [1.807, 2.05) is 37.4 Å². The van der Waals surface area contributed by atoms with E-state index in [0.717, 1.165) is 20.5 Å². The quantitative estimate of drug-likeness (QED) is 0.487. The summed E-state index contributed by atoms with van der Waals surface area (Å²) in [5.74, 6) is -0.481. The Morgan fingerprint density at radius 3 is 2.29 bits per heavy atom. The lowest BCUT2D eigenvalue weighted by molar-refractivity contribution is -0.121. The van der Waals surface area contributed by atoms with Crippen molar-refractivity contribution in [3.63, 3.8) is 0 Å². The molecule has 146 valence electrons. The second-order valence-corrected chi connectivity index (χ2v) is 9.37. The van der Waals surface area contributed by atoms with Crippen LogP contribution >= 0.6 is 46.1 Å². The highest BCUT2D eigenvalue weighted by atomic mass is 35.5. The summed E-state index contributed by atoms with van der Waals surface area (Å²) in [5.41, 5.74) is 7.04. The summed E-state index contributed by atoms with van der Waals surface area (Å²) >= 11 is 20.2. The summed E-state index contributed by atoms with van der Waals surface area (Å²) in [6, 6.07) is 16.6. The van der Waals surface area contributed by atoms with Gasteiger partial charge in [0.2, 0.25) is 5.91 Å². The van der Waals surface area contributed by atoms with Crippen LogP contribution in [0.25, 0.3) is 0 Å². The number of hydrogen-bond donors (Lipinski definition) is 1. The van der Waals surface area contributed by atoms with Crippen molar-refractivity contribution in [2.24, 2.45) is 5.73 Å². The average molecular weight is 454 g/mol. The lowest BCUT2D eigenvalue weighted by Crippen LogP contribution is -2.39. The van der Waals surface area contributed by atoms with E-state index >= 15 is 0 Å². The molecule has 3 aromatic rings. The van der Waals surface area contributed by atoms with Gasteiger partial charge in [-0.1, -0.05) is 53.0 Å². The molecule has 3 nitrogen and oxygen atoms in total. The van der Waals surface area contributed by atoms with Crippen molar-refractivity contribution in [3.8, 4) is 0 Å². The Morgan fingerprint density at radius 1 is 1.07 bits per heavy atom. The molecule has 2 aromatic carbocycles.